The lowest BCUT2D eigenvalue weighted by Gasteiger charge is -2.34. The van der Waals surface area contributed by atoms with E-state index in [0.29, 0.717) is 41.0 Å². The second-order valence-corrected chi connectivity index (χ2v) is 6.91. The van der Waals surface area contributed by atoms with Crippen molar-refractivity contribution in [2.24, 2.45) is 0 Å². The molecule has 0 bridgehead atoms. The van der Waals surface area contributed by atoms with E-state index in [1.54, 1.807) is 21.9 Å². The van der Waals surface area contributed by atoms with Gasteiger partial charge in [-0.25, -0.2) is 4.39 Å². The van der Waals surface area contributed by atoms with E-state index in [4.69, 9.17) is 11.6 Å². The van der Waals surface area contributed by atoms with Crippen LogP contribution in [0.15, 0.2) is 36.4 Å². The molecule has 7 heteroatoms. The van der Waals surface area contributed by atoms with Gasteiger partial charge in [-0.15, -0.1) is 11.3 Å². The third-order valence-electron chi connectivity index (χ3n) is 3.73. The Morgan fingerprint density at radius 1 is 0.913 bits per heavy atom. The first-order valence-corrected chi connectivity index (χ1v) is 8.33. The molecule has 3 rings (SSSR count). The van der Waals surface area contributed by atoms with Gasteiger partial charge in [0.05, 0.1) is 9.21 Å². The van der Waals surface area contributed by atoms with Gasteiger partial charge in [-0.3, -0.25) is 9.59 Å². The Hall–Kier alpha value is -1.92. The molecule has 1 aliphatic rings. The number of amides is 2. The summed E-state index contributed by atoms with van der Waals surface area (Å²) in [6.45, 7) is 1.87. The number of hydrogen-bond donors (Lipinski definition) is 0. The Morgan fingerprint density at radius 2 is 1.48 bits per heavy atom. The summed E-state index contributed by atoms with van der Waals surface area (Å²) in [6, 6.07) is 8.91. The molecule has 2 aromatic rings. The topological polar surface area (TPSA) is 40.6 Å². The number of thiophene rings is 1. The highest BCUT2D eigenvalue weighted by Crippen LogP contribution is 2.23. The van der Waals surface area contributed by atoms with Crippen LogP contribution >= 0.6 is 22.9 Å². The molecule has 0 spiro atoms. The molecule has 4 nitrogen and oxygen atoms in total. The molecule has 2 amide bonds. The van der Waals surface area contributed by atoms with Crippen molar-refractivity contribution in [1.82, 2.24) is 9.80 Å². The van der Waals surface area contributed by atoms with Crippen molar-refractivity contribution in [3.8, 4) is 0 Å². The van der Waals surface area contributed by atoms with E-state index in [9.17, 15) is 14.0 Å². The van der Waals surface area contributed by atoms with Crippen LogP contribution in [0.1, 0.15) is 20.0 Å². The summed E-state index contributed by atoms with van der Waals surface area (Å²) < 4.78 is 13.5. The molecule has 0 N–H and O–H groups in total. The molecule has 0 unspecified atom stereocenters. The number of halogens is 2. The van der Waals surface area contributed by atoms with Gasteiger partial charge in [-0.1, -0.05) is 11.6 Å². The summed E-state index contributed by atoms with van der Waals surface area (Å²) in [5.74, 6) is -0.571. The van der Waals surface area contributed by atoms with Gasteiger partial charge in [0, 0.05) is 31.7 Å². The van der Waals surface area contributed by atoms with Crippen LogP contribution in [-0.2, 0) is 0 Å². The monoisotopic (exact) mass is 352 g/mol. The second kappa shape index (κ2) is 6.68. The van der Waals surface area contributed by atoms with Gasteiger partial charge in [0.1, 0.15) is 5.82 Å². The number of carbonyl (C=O) groups is 2. The van der Waals surface area contributed by atoms with E-state index in [0.717, 1.165) is 0 Å². The molecule has 1 saturated heterocycles. The van der Waals surface area contributed by atoms with Crippen molar-refractivity contribution in [2.45, 2.75) is 0 Å². The quantitative estimate of drug-likeness (QED) is 0.833. The van der Waals surface area contributed by atoms with Crippen LogP contribution in [0.3, 0.4) is 0 Å². The zero-order valence-electron chi connectivity index (χ0n) is 12.2. The Bertz CT molecular complexity index is 724. The maximum absolute atomic E-state index is 12.9. The molecule has 0 aliphatic carbocycles. The van der Waals surface area contributed by atoms with Gasteiger partial charge in [0.2, 0.25) is 0 Å². The SMILES string of the molecule is O=C(c1ccc(F)cc1)N1CCN(C(=O)c2ccc(Cl)s2)CC1. The van der Waals surface area contributed by atoms with Crippen molar-refractivity contribution in [2.75, 3.05) is 26.2 Å². The molecule has 1 aromatic carbocycles. The number of rotatable bonds is 2. The maximum atomic E-state index is 12.9. The van der Waals surface area contributed by atoms with Crippen LogP contribution in [0.5, 0.6) is 0 Å². The lowest BCUT2D eigenvalue weighted by Crippen LogP contribution is -2.50. The summed E-state index contributed by atoms with van der Waals surface area (Å²) in [5, 5.41) is 0. The van der Waals surface area contributed by atoms with Crippen molar-refractivity contribution in [3.63, 3.8) is 0 Å². The number of hydrogen-bond acceptors (Lipinski definition) is 3. The maximum Gasteiger partial charge on any atom is 0.264 e. The molecule has 0 saturated carbocycles. The van der Waals surface area contributed by atoms with E-state index < -0.39 is 0 Å². The Kier molecular flexibility index (Phi) is 4.63. The predicted octanol–water partition coefficient (Wildman–Crippen LogP) is 3.14. The predicted molar refractivity (Wildman–Crippen MR) is 87.5 cm³/mol. The van der Waals surface area contributed by atoms with Gasteiger partial charge < -0.3 is 9.80 Å². The Labute approximate surface area is 142 Å². The van der Waals surface area contributed by atoms with Gasteiger partial charge in [0.15, 0.2) is 0 Å². The Morgan fingerprint density at radius 3 is 2.00 bits per heavy atom. The number of nitrogens with zero attached hydrogens (tertiary/aromatic N) is 2. The van der Waals surface area contributed by atoms with E-state index >= 15 is 0 Å². The highest BCUT2D eigenvalue weighted by molar-refractivity contribution is 7.17. The highest BCUT2D eigenvalue weighted by Gasteiger charge is 2.26. The minimum absolute atomic E-state index is 0.0595. The van der Waals surface area contributed by atoms with Crippen LogP contribution in [0.2, 0.25) is 4.34 Å². The Balaban J connectivity index is 1.61. The molecule has 23 heavy (non-hydrogen) atoms. The summed E-state index contributed by atoms with van der Waals surface area (Å²) in [4.78, 5) is 28.7. The van der Waals surface area contributed by atoms with Crippen LogP contribution in [0, 0.1) is 5.82 Å². The van der Waals surface area contributed by atoms with Crippen molar-refractivity contribution in [1.29, 1.82) is 0 Å². The third kappa shape index (κ3) is 3.54. The first kappa shape index (κ1) is 16.0. The summed E-state index contributed by atoms with van der Waals surface area (Å²) >= 11 is 7.11. The normalized spacial score (nSPS) is 14.9. The average molecular weight is 353 g/mol. The molecule has 120 valence electrons. The molecular weight excluding hydrogens is 339 g/mol. The van der Waals surface area contributed by atoms with Crippen LogP contribution in [-0.4, -0.2) is 47.8 Å². The minimum atomic E-state index is -0.369. The largest absolute Gasteiger partial charge is 0.335 e. The van der Waals surface area contributed by atoms with Gasteiger partial charge in [-0.05, 0) is 36.4 Å². The van der Waals surface area contributed by atoms with Crippen LogP contribution < -0.4 is 0 Å². The first-order valence-electron chi connectivity index (χ1n) is 7.14. The number of carbonyl (C=O) groups excluding carboxylic acids is 2. The molecular formula is C16H14ClFN2O2S. The number of benzene rings is 1. The fourth-order valence-electron chi connectivity index (χ4n) is 2.47. The van der Waals surface area contributed by atoms with Crippen molar-refractivity contribution < 1.29 is 14.0 Å². The third-order valence-corrected chi connectivity index (χ3v) is 4.95. The van der Waals surface area contributed by atoms with E-state index in [-0.39, 0.29) is 17.6 Å². The molecule has 1 aliphatic heterocycles. The van der Waals surface area contributed by atoms with E-state index in [1.807, 2.05) is 0 Å². The smallest absolute Gasteiger partial charge is 0.264 e. The summed E-state index contributed by atoms with van der Waals surface area (Å²) in [5.41, 5.74) is 0.455. The second-order valence-electron chi connectivity index (χ2n) is 5.20. The van der Waals surface area contributed by atoms with E-state index in [2.05, 4.69) is 0 Å². The van der Waals surface area contributed by atoms with Gasteiger partial charge >= 0.3 is 0 Å². The van der Waals surface area contributed by atoms with Crippen LogP contribution in [0.4, 0.5) is 4.39 Å². The molecule has 0 atom stereocenters. The number of piperazine rings is 1. The molecule has 0 radical (unpaired) electrons. The minimum Gasteiger partial charge on any atom is -0.335 e. The lowest BCUT2D eigenvalue weighted by molar-refractivity contribution is 0.0538. The zero-order valence-corrected chi connectivity index (χ0v) is 13.7. The highest BCUT2D eigenvalue weighted by atomic mass is 35.5. The fourth-order valence-corrected chi connectivity index (χ4v) is 3.48. The van der Waals surface area contributed by atoms with Crippen LogP contribution in [0.25, 0.3) is 0 Å². The fraction of sp³-hybridized carbons (Fsp3) is 0.250. The van der Waals surface area contributed by atoms with Gasteiger partial charge in [-0.2, -0.15) is 0 Å². The molecule has 1 fully saturated rings. The van der Waals surface area contributed by atoms with Gasteiger partial charge in [0.25, 0.3) is 11.8 Å². The molecule has 2 heterocycles. The molecule has 1 aromatic heterocycles. The van der Waals surface area contributed by atoms with Crippen molar-refractivity contribution >= 4 is 34.8 Å². The summed E-state index contributed by atoms with van der Waals surface area (Å²) in [6.07, 6.45) is 0. The van der Waals surface area contributed by atoms with E-state index in [1.165, 1.54) is 35.6 Å². The standard InChI is InChI=1S/C16H14ClFN2O2S/c17-14-6-5-13(23-14)16(22)20-9-7-19(8-10-20)15(21)11-1-3-12(18)4-2-11/h1-6H,7-10H2. The average Bonchev–Trinajstić information content (AvgIpc) is 3.01. The zero-order chi connectivity index (χ0) is 16.4. The summed E-state index contributed by atoms with van der Waals surface area (Å²) in [7, 11) is 0. The lowest BCUT2D eigenvalue weighted by atomic mass is 10.1. The first-order chi connectivity index (χ1) is 11.0. The van der Waals surface area contributed by atoms with Crippen molar-refractivity contribution in [3.05, 3.63) is 57.0 Å².